The van der Waals surface area contributed by atoms with Crippen molar-refractivity contribution in [2.24, 2.45) is 0 Å². The van der Waals surface area contributed by atoms with Gasteiger partial charge in [0, 0.05) is 56.8 Å². The van der Waals surface area contributed by atoms with Crippen LogP contribution < -0.4 is 4.90 Å². The number of hydrogen-bond acceptors (Lipinski definition) is 8. The highest BCUT2D eigenvalue weighted by Gasteiger charge is 2.29. The van der Waals surface area contributed by atoms with Crippen LogP contribution in [0.2, 0.25) is 0 Å². The number of morpholine rings is 1. The van der Waals surface area contributed by atoms with Crippen LogP contribution >= 0.6 is 11.3 Å². The molecule has 3 saturated heterocycles. The van der Waals surface area contributed by atoms with Crippen molar-refractivity contribution in [3.05, 3.63) is 16.3 Å². The zero-order valence-corrected chi connectivity index (χ0v) is 18.3. The lowest BCUT2D eigenvalue weighted by Gasteiger charge is -2.38. The van der Waals surface area contributed by atoms with Gasteiger partial charge in [0.2, 0.25) is 0 Å². The Hall–Kier alpha value is -1.32. The van der Waals surface area contributed by atoms with E-state index in [0.717, 1.165) is 88.7 Å². The van der Waals surface area contributed by atoms with E-state index in [1.165, 1.54) is 22.2 Å². The van der Waals surface area contributed by atoms with Crippen LogP contribution in [0.25, 0.3) is 10.2 Å². The van der Waals surface area contributed by atoms with Crippen molar-refractivity contribution in [3.63, 3.8) is 0 Å². The maximum absolute atomic E-state index is 5.60. The van der Waals surface area contributed by atoms with Crippen LogP contribution in [-0.4, -0.2) is 91.5 Å². The fraction of sp³-hybridized carbons (Fsp3) is 0.714. The Labute approximate surface area is 176 Å². The molecule has 7 nitrogen and oxygen atoms in total. The number of aromatic nitrogens is 2. The van der Waals surface area contributed by atoms with Crippen molar-refractivity contribution in [2.45, 2.75) is 32.9 Å². The summed E-state index contributed by atoms with van der Waals surface area (Å²) in [5.41, 5.74) is 1.34. The van der Waals surface area contributed by atoms with Gasteiger partial charge in [0.25, 0.3) is 0 Å². The first-order valence-electron chi connectivity index (χ1n) is 10.8. The first kappa shape index (κ1) is 19.6. The summed E-state index contributed by atoms with van der Waals surface area (Å²) in [4.78, 5) is 20.0. The Kier molecular flexibility index (Phi) is 5.71. The van der Waals surface area contributed by atoms with Gasteiger partial charge in [0.05, 0.1) is 31.8 Å². The maximum Gasteiger partial charge on any atom is 0.146 e. The minimum absolute atomic E-state index is 0.601. The molecule has 158 valence electrons. The standard InChI is InChI=1S/C21H31N5O2S/c1-15-16(2)29-21-19(15)20(22-18(23-21)13-24-8-11-27-12-9-24)26-6-4-25(5-7-26)17-3-10-28-14-17/h17H,3-14H2,1-2H3/t17-/m0/s1. The zero-order valence-electron chi connectivity index (χ0n) is 17.5. The molecule has 0 amide bonds. The molecular formula is C21H31N5O2S. The van der Waals surface area contributed by atoms with E-state index in [-0.39, 0.29) is 0 Å². The number of thiophene rings is 1. The molecule has 3 aliphatic heterocycles. The molecule has 1 atom stereocenters. The minimum atomic E-state index is 0.601. The summed E-state index contributed by atoms with van der Waals surface area (Å²) >= 11 is 1.81. The topological polar surface area (TPSA) is 54.0 Å². The molecule has 2 aromatic rings. The summed E-state index contributed by atoms with van der Waals surface area (Å²) < 4.78 is 11.1. The number of anilines is 1. The van der Waals surface area contributed by atoms with E-state index in [1.54, 1.807) is 11.3 Å². The van der Waals surface area contributed by atoms with E-state index >= 15 is 0 Å². The van der Waals surface area contributed by atoms with E-state index in [9.17, 15) is 0 Å². The third kappa shape index (κ3) is 4.01. The number of rotatable bonds is 4. The third-order valence-corrected chi connectivity index (χ3v) is 7.66. The Morgan fingerprint density at radius 2 is 1.76 bits per heavy atom. The molecule has 3 aliphatic rings. The molecule has 0 spiro atoms. The Morgan fingerprint density at radius 3 is 2.48 bits per heavy atom. The Bertz CT molecular complexity index is 852. The van der Waals surface area contributed by atoms with Crippen molar-refractivity contribution in [2.75, 3.05) is 70.6 Å². The molecule has 0 bridgehead atoms. The molecular weight excluding hydrogens is 386 g/mol. The average Bonchev–Trinajstić information content (AvgIpc) is 3.37. The summed E-state index contributed by atoms with van der Waals surface area (Å²) in [5.74, 6) is 2.09. The summed E-state index contributed by atoms with van der Waals surface area (Å²) in [6.07, 6.45) is 1.17. The van der Waals surface area contributed by atoms with E-state index in [4.69, 9.17) is 19.4 Å². The van der Waals surface area contributed by atoms with Crippen molar-refractivity contribution >= 4 is 27.4 Å². The third-order valence-electron chi connectivity index (χ3n) is 6.56. The normalized spacial score (nSPS) is 24.6. The van der Waals surface area contributed by atoms with E-state index in [1.807, 2.05) is 0 Å². The lowest BCUT2D eigenvalue weighted by atomic mass is 10.1. The van der Waals surface area contributed by atoms with Crippen molar-refractivity contribution < 1.29 is 9.47 Å². The lowest BCUT2D eigenvalue weighted by molar-refractivity contribution is 0.0331. The molecule has 0 aromatic carbocycles. The monoisotopic (exact) mass is 417 g/mol. The van der Waals surface area contributed by atoms with Gasteiger partial charge < -0.3 is 14.4 Å². The van der Waals surface area contributed by atoms with Crippen LogP contribution in [0.15, 0.2) is 0 Å². The quantitative estimate of drug-likeness (QED) is 0.755. The van der Waals surface area contributed by atoms with Gasteiger partial charge in [-0.1, -0.05) is 0 Å². The van der Waals surface area contributed by atoms with Crippen molar-refractivity contribution in [3.8, 4) is 0 Å². The molecule has 5 heterocycles. The second kappa shape index (κ2) is 8.43. The smallest absolute Gasteiger partial charge is 0.146 e. The SMILES string of the molecule is Cc1sc2nc(CN3CCOCC3)nc(N3CCN([C@H]4CCOC4)CC3)c2c1C. The number of hydrogen-bond donors (Lipinski definition) is 0. The molecule has 5 rings (SSSR count). The number of fused-ring (bicyclic) bond motifs is 1. The highest BCUT2D eigenvalue weighted by molar-refractivity contribution is 7.18. The van der Waals surface area contributed by atoms with Gasteiger partial charge in [0.15, 0.2) is 0 Å². The largest absolute Gasteiger partial charge is 0.380 e. The first-order valence-corrected chi connectivity index (χ1v) is 11.6. The zero-order chi connectivity index (χ0) is 19.8. The molecule has 0 unspecified atom stereocenters. The fourth-order valence-corrected chi connectivity index (χ4v) is 5.68. The van der Waals surface area contributed by atoms with E-state index in [0.29, 0.717) is 6.04 Å². The van der Waals surface area contributed by atoms with Crippen molar-refractivity contribution in [1.29, 1.82) is 0 Å². The minimum Gasteiger partial charge on any atom is -0.380 e. The molecule has 0 aliphatic carbocycles. The number of nitrogens with zero attached hydrogens (tertiary/aromatic N) is 5. The summed E-state index contributed by atoms with van der Waals surface area (Å²) in [6.45, 7) is 14.8. The van der Waals surface area contributed by atoms with Crippen LogP contribution in [0.5, 0.6) is 0 Å². The molecule has 0 radical (unpaired) electrons. The Balaban J connectivity index is 1.40. The summed E-state index contributed by atoms with van der Waals surface area (Å²) in [6, 6.07) is 0.601. The molecule has 3 fully saturated rings. The molecule has 0 N–H and O–H groups in total. The van der Waals surface area contributed by atoms with Gasteiger partial charge in [-0.3, -0.25) is 9.80 Å². The first-order chi connectivity index (χ1) is 14.2. The summed E-state index contributed by atoms with van der Waals surface area (Å²) in [7, 11) is 0. The molecule has 8 heteroatoms. The van der Waals surface area contributed by atoms with Gasteiger partial charge >= 0.3 is 0 Å². The van der Waals surface area contributed by atoms with Crippen LogP contribution in [0, 0.1) is 13.8 Å². The molecule has 0 saturated carbocycles. The fourth-order valence-electron chi connectivity index (χ4n) is 4.64. The molecule has 2 aromatic heterocycles. The van der Waals surface area contributed by atoms with Gasteiger partial charge in [-0.25, -0.2) is 9.97 Å². The highest BCUT2D eigenvalue weighted by Crippen LogP contribution is 2.35. The molecule has 29 heavy (non-hydrogen) atoms. The van der Waals surface area contributed by atoms with Crippen molar-refractivity contribution in [1.82, 2.24) is 19.8 Å². The number of ether oxygens (including phenoxy) is 2. The highest BCUT2D eigenvalue weighted by atomic mass is 32.1. The predicted octanol–water partition coefficient (Wildman–Crippen LogP) is 2.05. The lowest BCUT2D eigenvalue weighted by Crippen LogP contribution is -2.51. The van der Waals surface area contributed by atoms with Gasteiger partial charge in [-0.15, -0.1) is 11.3 Å². The van der Waals surface area contributed by atoms with Gasteiger partial charge in [-0.05, 0) is 25.8 Å². The van der Waals surface area contributed by atoms with Gasteiger partial charge in [0.1, 0.15) is 16.5 Å². The Morgan fingerprint density at radius 1 is 0.966 bits per heavy atom. The second-order valence-electron chi connectivity index (χ2n) is 8.36. The van der Waals surface area contributed by atoms with Gasteiger partial charge in [-0.2, -0.15) is 0 Å². The maximum atomic E-state index is 5.60. The summed E-state index contributed by atoms with van der Waals surface area (Å²) in [5, 5.41) is 1.26. The average molecular weight is 418 g/mol. The van der Waals surface area contributed by atoms with E-state index < -0.39 is 0 Å². The number of aryl methyl sites for hydroxylation is 2. The van der Waals surface area contributed by atoms with Crippen LogP contribution in [0.1, 0.15) is 22.7 Å². The van der Waals surface area contributed by atoms with Crippen LogP contribution in [0.4, 0.5) is 5.82 Å². The van der Waals surface area contributed by atoms with Crippen LogP contribution in [0.3, 0.4) is 0 Å². The van der Waals surface area contributed by atoms with Crippen LogP contribution in [-0.2, 0) is 16.0 Å². The predicted molar refractivity (Wildman–Crippen MR) is 116 cm³/mol. The van der Waals surface area contributed by atoms with E-state index in [2.05, 4.69) is 28.5 Å². The number of piperazine rings is 1. The second-order valence-corrected chi connectivity index (χ2v) is 9.56.